The lowest BCUT2D eigenvalue weighted by Crippen LogP contribution is -2.13. The number of benzene rings is 1. The average Bonchev–Trinajstić information content (AvgIpc) is 2.78. The number of aromatic hydroxyl groups is 1. The van der Waals surface area contributed by atoms with Crippen LogP contribution in [0.4, 0.5) is 0 Å². The fraction of sp³-hybridized carbons (Fsp3) is 0.385. The van der Waals surface area contributed by atoms with Gasteiger partial charge in [-0.3, -0.25) is 0 Å². The zero-order chi connectivity index (χ0) is 13.3. The van der Waals surface area contributed by atoms with Gasteiger partial charge in [-0.15, -0.1) is 0 Å². The lowest BCUT2D eigenvalue weighted by atomic mass is 9.96. The minimum Gasteiger partial charge on any atom is -0.504 e. The smallest absolute Gasteiger partial charge is 0.258 e. The van der Waals surface area contributed by atoms with Crippen molar-refractivity contribution in [3.05, 3.63) is 24.0 Å². The first-order chi connectivity index (χ1) is 8.41. The molecule has 0 amide bonds. The van der Waals surface area contributed by atoms with Crippen molar-refractivity contribution in [2.75, 3.05) is 7.11 Å². The van der Waals surface area contributed by atoms with Crippen LogP contribution in [0.25, 0.3) is 11.5 Å². The predicted molar refractivity (Wildman–Crippen MR) is 66.7 cm³/mol. The lowest BCUT2D eigenvalue weighted by molar-refractivity contribution is 0.373. The molecule has 0 aliphatic rings. The molecule has 1 heterocycles. The van der Waals surface area contributed by atoms with Crippen molar-refractivity contribution in [3.8, 4) is 23.0 Å². The Labute approximate surface area is 105 Å². The molecule has 2 aromatic rings. The molecule has 2 rings (SSSR count). The fourth-order valence-electron chi connectivity index (χ4n) is 1.46. The van der Waals surface area contributed by atoms with E-state index in [0.717, 1.165) is 0 Å². The standard InChI is InChI=1S/C13H16N2O3/c1-13(2,3)12-14-11(18-15-12)8-5-6-9(16)10(7-8)17-4/h5-7,16H,1-4H3. The maximum absolute atomic E-state index is 9.52. The molecule has 96 valence electrons. The monoisotopic (exact) mass is 248 g/mol. The van der Waals surface area contributed by atoms with Gasteiger partial charge >= 0.3 is 0 Å². The normalized spacial score (nSPS) is 11.6. The molecule has 0 unspecified atom stereocenters. The van der Waals surface area contributed by atoms with E-state index in [0.29, 0.717) is 23.0 Å². The second-order valence-electron chi connectivity index (χ2n) is 5.06. The highest BCUT2D eigenvalue weighted by atomic mass is 16.5. The van der Waals surface area contributed by atoms with Crippen molar-refractivity contribution in [1.29, 1.82) is 0 Å². The molecule has 1 N–H and O–H groups in total. The van der Waals surface area contributed by atoms with Crippen molar-refractivity contribution in [2.45, 2.75) is 26.2 Å². The highest BCUT2D eigenvalue weighted by molar-refractivity contribution is 5.59. The van der Waals surface area contributed by atoms with Gasteiger partial charge in [-0.05, 0) is 18.2 Å². The summed E-state index contributed by atoms with van der Waals surface area (Å²) in [6.45, 7) is 6.04. The average molecular weight is 248 g/mol. The molecular weight excluding hydrogens is 232 g/mol. The van der Waals surface area contributed by atoms with Crippen LogP contribution in [0.2, 0.25) is 0 Å². The molecular formula is C13H16N2O3. The number of phenols is 1. The summed E-state index contributed by atoms with van der Waals surface area (Å²) in [6.07, 6.45) is 0. The molecule has 18 heavy (non-hydrogen) atoms. The molecule has 0 saturated heterocycles. The van der Waals surface area contributed by atoms with Crippen LogP contribution in [-0.4, -0.2) is 22.4 Å². The third-order valence-corrected chi connectivity index (χ3v) is 2.52. The Balaban J connectivity index is 2.40. The zero-order valence-corrected chi connectivity index (χ0v) is 10.9. The first kappa shape index (κ1) is 12.4. The molecule has 5 nitrogen and oxygen atoms in total. The predicted octanol–water partition coefficient (Wildman–Crippen LogP) is 2.75. The Bertz CT molecular complexity index is 556. The maximum atomic E-state index is 9.52. The van der Waals surface area contributed by atoms with Crippen LogP contribution in [-0.2, 0) is 5.41 Å². The summed E-state index contributed by atoms with van der Waals surface area (Å²) < 4.78 is 10.3. The second-order valence-corrected chi connectivity index (χ2v) is 5.06. The van der Waals surface area contributed by atoms with Gasteiger partial charge in [0.1, 0.15) is 0 Å². The second kappa shape index (κ2) is 4.33. The van der Waals surface area contributed by atoms with Crippen LogP contribution >= 0.6 is 0 Å². The Hall–Kier alpha value is -2.04. The number of ether oxygens (including phenoxy) is 1. The van der Waals surface area contributed by atoms with Crippen molar-refractivity contribution in [3.63, 3.8) is 0 Å². The number of nitrogens with zero attached hydrogens (tertiary/aromatic N) is 2. The van der Waals surface area contributed by atoms with E-state index in [-0.39, 0.29) is 11.2 Å². The van der Waals surface area contributed by atoms with Gasteiger partial charge in [0.2, 0.25) is 0 Å². The van der Waals surface area contributed by atoms with E-state index >= 15 is 0 Å². The summed E-state index contributed by atoms with van der Waals surface area (Å²) in [5.74, 6) is 1.52. The summed E-state index contributed by atoms with van der Waals surface area (Å²) in [4.78, 5) is 4.34. The van der Waals surface area contributed by atoms with E-state index in [2.05, 4.69) is 10.1 Å². The molecule has 1 aromatic heterocycles. The Morgan fingerprint density at radius 3 is 2.56 bits per heavy atom. The summed E-state index contributed by atoms with van der Waals surface area (Å²) in [7, 11) is 1.49. The Kier molecular flexibility index (Phi) is 2.98. The summed E-state index contributed by atoms with van der Waals surface area (Å²) in [5.41, 5.74) is 0.551. The summed E-state index contributed by atoms with van der Waals surface area (Å²) in [6, 6.07) is 4.90. The maximum Gasteiger partial charge on any atom is 0.258 e. The molecule has 0 atom stereocenters. The van der Waals surface area contributed by atoms with Crippen LogP contribution in [0.1, 0.15) is 26.6 Å². The molecule has 0 aliphatic heterocycles. The lowest BCUT2D eigenvalue weighted by Gasteiger charge is -2.10. The zero-order valence-electron chi connectivity index (χ0n) is 10.9. The molecule has 0 bridgehead atoms. The van der Waals surface area contributed by atoms with Gasteiger partial charge < -0.3 is 14.4 Å². The van der Waals surface area contributed by atoms with E-state index in [1.807, 2.05) is 20.8 Å². The Morgan fingerprint density at radius 2 is 2.00 bits per heavy atom. The van der Waals surface area contributed by atoms with Gasteiger partial charge in [-0.2, -0.15) is 4.98 Å². The van der Waals surface area contributed by atoms with E-state index in [9.17, 15) is 5.11 Å². The van der Waals surface area contributed by atoms with Gasteiger partial charge in [0, 0.05) is 11.0 Å². The van der Waals surface area contributed by atoms with Gasteiger partial charge in [0.25, 0.3) is 5.89 Å². The van der Waals surface area contributed by atoms with Gasteiger partial charge in [0.05, 0.1) is 7.11 Å². The third kappa shape index (κ3) is 2.30. The molecule has 5 heteroatoms. The number of rotatable bonds is 2. The van der Waals surface area contributed by atoms with E-state index in [1.165, 1.54) is 13.2 Å². The summed E-state index contributed by atoms with van der Waals surface area (Å²) in [5, 5.41) is 13.5. The third-order valence-electron chi connectivity index (χ3n) is 2.52. The minimum atomic E-state index is -0.164. The van der Waals surface area contributed by atoms with Crippen LogP contribution in [0.15, 0.2) is 22.7 Å². The molecule has 0 spiro atoms. The van der Waals surface area contributed by atoms with Crippen LogP contribution in [0.3, 0.4) is 0 Å². The number of phenolic OH excluding ortho intramolecular Hbond substituents is 1. The molecule has 0 aliphatic carbocycles. The highest BCUT2D eigenvalue weighted by Gasteiger charge is 2.21. The SMILES string of the molecule is COc1cc(-c2nc(C(C)(C)C)no2)ccc1O. The molecule has 0 fully saturated rings. The highest BCUT2D eigenvalue weighted by Crippen LogP contribution is 2.31. The topological polar surface area (TPSA) is 68.4 Å². The van der Waals surface area contributed by atoms with Crippen molar-refractivity contribution < 1.29 is 14.4 Å². The minimum absolute atomic E-state index is 0.0804. The van der Waals surface area contributed by atoms with E-state index in [1.54, 1.807) is 12.1 Å². The van der Waals surface area contributed by atoms with Crippen LogP contribution in [0, 0.1) is 0 Å². The molecule has 1 aromatic carbocycles. The van der Waals surface area contributed by atoms with Gasteiger partial charge in [-0.1, -0.05) is 25.9 Å². The van der Waals surface area contributed by atoms with Gasteiger partial charge in [0.15, 0.2) is 17.3 Å². The van der Waals surface area contributed by atoms with Crippen LogP contribution < -0.4 is 4.74 Å². The van der Waals surface area contributed by atoms with E-state index < -0.39 is 0 Å². The largest absolute Gasteiger partial charge is 0.504 e. The number of methoxy groups -OCH3 is 1. The molecule has 0 saturated carbocycles. The fourth-order valence-corrected chi connectivity index (χ4v) is 1.46. The first-order valence-corrected chi connectivity index (χ1v) is 5.63. The number of aromatic nitrogens is 2. The number of hydrogen-bond donors (Lipinski definition) is 1. The number of hydrogen-bond acceptors (Lipinski definition) is 5. The van der Waals surface area contributed by atoms with Crippen molar-refractivity contribution in [2.24, 2.45) is 0 Å². The summed E-state index contributed by atoms with van der Waals surface area (Å²) >= 11 is 0. The van der Waals surface area contributed by atoms with E-state index in [4.69, 9.17) is 9.26 Å². The quantitative estimate of drug-likeness (QED) is 0.885. The van der Waals surface area contributed by atoms with Gasteiger partial charge in [-0.25, -0.2) is 0 Å². The van der Waals surface area contributed by atoms with Crippen LogP contribution in [0.5, 0.6) is 11.5 Å². The molecule has 0 radical (unpaired) electrons. The Morgan fingerprint density at radius 1 is 1.28 bits per heavy atom. The first-order valence-electron chi connectivity index (χ1n) is 5.63. The van der Waals surface area contributed by atoms with Crippen molar-refractivity contribution in [1.82, 2.24) is 10.1 Å². The van der Waals surface area contributed by atoms with Crippen molar-refractivity contribution >= 4 is 0 Å².